The molecule has 1 aromatic heterocycles. The molecule has 1 heterocycles. The number of carboxylic acids is 1. The summed E-state index contributed by atoms with van der Waals surface area (Å²) in [5.41, 5.74) is -1.02. The maximum absolute atomic E-state index is 11.2. The van der Waals surface area contributed by atoms with Gasteiger partial charge in [0.15, 0.2) is 0 Å². The Kier molecular flexibility index (Phi) is 2.21. The van der Waals surface area contributed by atoms with E-state index in [1.165, 1.54) is 6.07 Å². The zero-order valence-corrected chi connectivity index (χ0v) is 8.12. The molecule has 76 valence electrons. The van der Waals surface area contributed by atoms with Crippen LogP contribution in [0.15, 0.2) is 33.5 Å². The standard InChI is InChI=1S/C10H5ClO4/c11-7-2-1-3-8-5(7)4-6(9(12)13)10(14)15-8/h1-4H,(H,12,13). The number of carbonyl (C=O) groups is 1. The summed E-state index contributed by atoms with van der Waals surface area (Å²) in [7, 11) is 0. The Labute approximate surface area is 88.7 Å². The number of aromatic carboxylic acids is 1. The van der Waals surface area contributed by atoms with E-state index in [2.05, 4.69) is 0 Å². The van der Waals surface area contributed by atoms with Crippen molar-refractivity contribution in [3.63, 3.8) is 0 Å². The number of rotatable bonds is 1. The molecule has 2 aromatic rings. The summed E-state index contributed by atoms with van der Waals surface area (Å²) in [4.78, 5) is 21.9. The summed E-state index contributed by atoms with van der Waals surface area (Å²) in [5, 5.41) is 9.47. The molecule has 0 amide bonds. The van der Waals surface area contributed by atoms with Crippen LogP contribution in [0.1, 0.15) is 10.4 Å². The maximum atomic E-state index is 11.2. The van der Waals surface area contributed by atoms with Gasteiger partial charge in [0.1, 0.15) is 11.1 Å². The van der Waals surface area contributed by atoms with Gasteiger partial charge in [-0.15, -0.1) is 0 Å². The lowest BCUT2D eigenvalue weighted by Crippen LogP contribution is -2.12. The smallest absolute Gasteiger partial charge is 0.351 e. The zero-order valence-electron chi connectivity index (χ0n) is 7.36. The van der Waals surface area contributed by atoms with E-state index in [-0.39, 0.29) is 5.58 Å². The van der Waals surface area contributed by atoms with Gasteiger partial charge < -0.3 is 9.52 Å². The molecule has 0 saturated carbocycles. The van der Waals surface area contributed by atoms with E-state index in [1.54, 1.807) is 18.2 Å². The molecule has 0 spiro atoms. The normalized spacial score (nSPS) is 10.5. The molecule has 0 fully saturated rings. The Balaban J connectivity index is 2.90. The highest BCUT2D eigenvalue weighted by atomic mass is 35.5. The molecule has 0 unspecified atom stereocenters. The van der Waals surface area contributed by atoms with Gasteiger partial charge in [-0.2, -0.15) is 0 Å². The average Bonchev–Trinajstić information content (AvgIpc) is 2.16. The van der Waals surface area contributed by atoms with Crippen molar-refractivity contribution in [2.45, 2.75) is 0 Å². The van der Waals surface area contributed by atoms with Crippen LogP contribution in [0.5, 0.6) is 0 Å². The van der Waals surface area contributed by atoms with Crippen molar-refractivity contribution in [2.24, 2.45) is 0 Å². The molecule has 0 radical (unpaired) electrons. The van der Waals surface area contributed by atoms with Crippen LogP contribution in [0.2, 0.25) is 5.02 Å². The Hall–Kier alpha value is -1.81. The third-order valence-electron chi connectivity index (χ3n) is 1.95. The lowest BCUT2D eigenvalue weighted by atomic mass is 10.2. The van der Waals surface area contributed by atoms with Crippen LogP contribution in [-0.2, 0) is 0 Å². The van der Waals surface area contributed by atoms with E-state index < -0.39 is 17.2 Å². The van der Waals surface area contributed by atoms with Crippen LogP contribution in [0, 0.1) is 0 Å². The first kappa shape index (κ1) is 9.73. The van der Waals surface area contributed by atoms with Gasteiger partial charge in [0.2, 0.25) is 0 Å². The summed E-state index contributed by atoms with van der Waals surface area (Å²) in [6.07, 6.45) is 0. The van der Waals surface area contributed by atoms with Gasteiger partial charge in [0.05, 0.1) is 5.02 Å². The Morgan fingerprint density at radius 2 is 2.13 bits per heavy atom. The molecule has 0 aliphatic heterocycles. The Morgan fingerprint density at radius 1 is 1.40 bits per heavy atom. The summed E-state index contributed by atoms with van der Waals surface area (Å²) >= 11 is 5.83. The lowest BCUT2D eigenvalue weighted by molar-refractivity contribution is 0.0692. The highest BCUT2D eigenvalue weighted by molar-refractivity contribution is 6.35. The molecule has 1 aromatic carbocycles. The quantitative estimate of drug-likeness (QED) is 0.754. The first-order chi connectivity index (χ1) is 7.09. The van der Waals surface area contributed by atoms with Crippen molar-refractivity contribution in [3.05, 3.63) is 45.3 Å². The van der Waals surface area contributed by atoms with Crippen molar-refractivity contribution in [2.75, 3.05) is 0 Å². The molecule has 2 rings (SSSR count). The molecular formula is C10H5ClO4. The van der Waals surface area contributed by atoms with Gasteiger partial charge in [-0.25, -0.2) is 9.59 Å². The second kappa shape index (κ2) is 3.40. The van der Waals surface area contributed by atoms with E-state index >= 15 is 0 Å². The van der Waals surface area contributed by atoms with Gasteiger partial charge in [0.25, 0.3) is 0 Å². The largest absolute Gasteiger partial charge is 0.477 e. The van der Waals surface area contributed by atoms with E-state index in [0.29, 0.717) is 10.4 Å². The average molecular weight is 225 g/mol. The van der Waals surface area contributed by atoms with Gasteiger partial charge in [-0.3, -0.25) is 0 Å². The fraction of sp³-hybridized carbons (Fsp3) is 0. The van der Waals surface area contributed by atoms with Crippen LogP contribution in [0.25, 0.3) is 11.0 Å². The fourth-order valence-corrected chi connectivity index (χ4v) is 1.47. The van der Waals surface area contributed by atoms with Crippen LogP contribution in [-0.4, -0.2) is 11.1 Å². The second-order valence-electron chi connectivity index (χ2n) is 2.90. The Bertz CT molecular complexity index is 600. The lowest BCUT2D eigenvalue weighted by Gasteiger charge is -1.99. The van der Waals surface area contributed by atoms with Crippen molar-refractivity contribution < 1.29 is 14.3 Å². The molecule has 15 heavy (non-hydrogen) atoms. The predicted molar refractivity (Wildman–Crippen MR) is 54.5 cm³/mol. The van der Waals surface area contributed by atoms with Gasteiger partial charge in [0, 0.05) is 5.39 Å². The molecule has 0 saturated heterocycles. The molecule has 0 atom stereocenters. The van der Waals surface area contributed by atoms with Gasteiger partial charge >= 0.3 is 11.6 Å². The summed E-state index contributed by atoms with van der Waals surface area (Å²) < 4.78 is 4.81. The second-order valence-corrected chi connectivity index (χ2v) is 3.31. The monoisotopic (exact) mass is 224 g/mol. The number of carboxylic acid groups (broad SMARTS) is 1. The van der Waals surface area contributed by atoms with Crippen LogP contribution < -0.4 is 5.63 Å². The minimum Gasteiger partial charge on any atom is -0.477 e. The molecule has 0 aliphatic rings. The highest BCUT2D eigenvalue weighted by Crippen LogP contribution is 2.22. The minimum atomic E-state index is -1.33. The molecule has 0 aliphatic carbocycles. The summed E-state index contributed by atoms with van der Waals surface area (Å²) in [6, 6.07) is 5.98. The Morgan fingerprint density at radius 3 is 2.80 bits per heavy atom. The maximum Gasteiger partial charge on any atom is 0.351 e. The molecular weight excluding hydrogens is 220 g/mol. The number of fused-ring (bicyclic) bond motifs is 1. The van der Waals surface area contributed by atoms with E-state index in [0.717, 1.165) is 0 Å². The van der Waals surface area contributed by atoms with E-state index in [9.17, 15) is 9.59 Å². The van der Waals surface area contributed by atoms with E-state index in [4.69, 9.17) is 21.1 Å². The van der Waals surface area contributed by atoms with Gasteiger partial charge in [-0.05, 0) is 18.2 Å². The van der Waals surface area contributed by atoms with Crippen molar-refractivity contribution in [3.8, 4) is 0 Å². The molecule has 4 nitrogen and oxygen atoms in total. The third kappa shape index (κ3) is 1.59. The van der Waals surface area contributed by atoms with Crippen molar-refractivity contribution in [1.82, 2.24) is 0 Å². The van der Waals surface area contributed by atoms with Crippen LogP contribution in [0.4, 0.5) is 0 Å². The van der Waals surface area contributed by atoms with Crippen molar-refractivity contribution in [1.29, 1.82) is 0 Å². The first-order valence-electron chi connectivity index (χ1n) is 4.05. The molecule has 5 heteroatoms. The van der Waals surface area contributed by atoms with E-state index in [1.807, 2.05) is 0 Å². The van der Waals surface area contributed by atoms with Crippen molar-refractivity contribution >= 4 is 28.5 Å². The molecule has 1 N–H and O–H groups in total. The predicted octanol–water partition coefficient (Wildman–Crippen LogP) is 2.14. The first-order valence-corrected chi connectivity index (χ1v) is 4.43. The SMILES string of the molecule is O=C(O)c1cc2c(Cl)cccc2oc1=O. The van der Waals surface area contributed by atoms with Gasteiger partial charge in [-0.1, -0.05) is 17.7 Å². The molecule has 0 bridgehead atoms. The minimum absolute atomic E-state index is 0.275. The summed E-state index contributed by atoms with van der Waals surface area (Å²) in [6.45, 7) is 0. The number of halogens is 1. The number of hydrogen-bond acceptors (Lipinski definition) is 3. The van der Waals surface area contributed by atoms with Crippen LogP contribution in [0.3, 0.4) is 0 Å². The number of benzene rings is 1. The zero-order chi connectivity index (χ0) is 11.0. The third-order valence-corrected chi connectivity index (χ3v) is 2.28. The fourth-order valence-electron chi connectivity index (χ4n) is 1.25. The topological polar surface area (TPSA) is 67.5 Å². The summed E-state index contributed by atoms with van der Waals surface area (Å²) in [5.74, 6) is -1.33. The highest BCUT2D eigenvalue weighted by Gasteiger charge is 2.12. The van der Waals surface area contributed by atoms with Crippen LogP contribution >= 0.6 is 11.6 Å². The number of hydrogen-bond donors (Lipinski definition) is 1.